The summed E-state index contributed by atoms with van der Waals surface area (Å²) in [4.78, 5) is 30.1. The Morgan fingerprint density at radius 3 is 2.85 bits per heavy atom. The Morgan fingerprint density at radius 1 is 1.33 bits per heavy atom. The molecule has 1 aromatic heterocycles. The maximum atomic E-state index is 12.3. The highest BCUT2D eigenvalue weighted by Crippen LogP contribution is 2.31. The van der Waals surface area contributed by atoms with Gasteiger partial charge in [-0.3, -0.25) is 4.79 Å². The van der Waals surface area contributed by atoms with Gasteiger partial charge in [0.1, 0.15) is 6.04 Å². The predicted octanol–water partition coefficient (Wildman–Crippen LogP) is 2.18. The van der Waals surface area contributed by atoms with E-state index in [1.807, 2.05) is 49.1 Å². The maximum absolute atomic E-state index is 12.3. The first-order valence-corrected chi connectivity index (χ1v) is 9.23. The zero-order valence-electron chi connectivity index (χ0n) is 15.6. The number of likely N-dealkylation sites (tertiary alicyclic amines) is 1. The van der Waals surface area contributed by atoms with Crippen molar-refractivity contribution in [2.24, 2.45) is 0 Å². The number of nitrogens with one attached hydrogen (secondary N) is 2. The summed E-state index contributed by atoms with van der Waals surface area (Å²) in [5.41, 5.74) is 1.18. The number of nitrogens with zero attached hydrogens (tertiary/aromatic N) is 3. The number of rotatable bonds is 7. The first-order chi connectivity index (χ1) is 13.0. The van der Waals surface area contributed by atoms with E-state index >= 15 is 0 Å². The van der Waals surface area contributed by atoms with Gasteiger partial charge in [0.15, 0.2) is 5.82 Å². The molecule has 0 saturated carbocycles. The molecule has 1 aliphatic rings. The molecule has 1 atom stereocenters. The number of hydrogen-bond acceptors (Lipinski definition) is 5. The molecule has 0 spiro atoms. The fourth-order valence-corrected chi connectivity index (χ4v) is 3.11. The first-order valence-electron chi connectivity index (χ1n) is 9.23. The highest BCUT2D eigenvalue weighted by atomic mass is 16.5. The van der Waals surface area contributed by atoms with Crippen molar-refractivity contribution in [3.8, 4) is 0 Å². The molecule has 8 heteroatoms. The molecular formula is C19H25N5O3. The van der Waals surface area contributed by atoms with Crippen LogP contribution in [0.25, 0.3) is 0 Å². The molecule has 144 valence electrons. The van der Waals surface area contributed by atoms with E-state index in [0.717, 1.165) is 6.42 Å². The fourth-order valence-electron chi connectivity index (χ4n) is 3.11. The summed E-state index contributed by atoms with van der Waals surface area (Å²) in [6.07, 6.45) is 1.92. The maximum Gasteiger partial charge on any atom is 0.315 e. The van der Waals surface area contributed by atoms with Crippen molar-refractivity contribution >= 4 is 11.9 Å². The van der Waals surface area contributed by atoms with Crippen LogP contribution >= 0.6 is 0 Å². The van der Waals surface area contributed by atoms with Crippen molar-refractivity contribution < 1.29 is 14.1 Å². The van der Waals surface area contributed by atoms with E-state index in [-0.39, 0.29) is 30.6 Å². The Balaban J connectivity index is 1.58. The Labute approximate surface area is 158 Å². The second-order valence-corrected chi connectivity index (χ2v) is 6.91. The van der Waals surface area contributed by atoms with Crippen LogP contribution in [0.5, 0.6) is 0 Å². The lowest BCUT2D eigenvalue weighted by molar-refractivity contribution is -0.129. The van der Waals surface area contributed by atoms with Crippen LogP contribution in [-0.4, -0.2) is 39.6 Å². The third-order valence-corrected chi connectivity index (χ3v) is 4.41. The molecule has 0 aliphatic carbocycles. The number of hydrogen-bond donors (Lipinski definition) is 2. The number of urea groups is 1. The average Bonchev–Trinajstić information content (AvgIpc) is 3.25. The highest BCUT2D eigenvalue weighted by Gasteiger charge is 2.35. The van der Waals surface area contributed by atoms with Crippen molar-refractivity contribution in [3.05, 3.63) is 47.6 Å². The molecule has 1 fully saturated rings. The summed E-state index contributed by atoms with van der Waals surface area (Å²) >= 11 is 0. The van der Waals surface area contributed by atoms with Gasteiger partial charge < -0.3 is 20.1 Å². The average molecular weight is 371 g/mol. The number of aromatic nitrogens is 2. The molecule has 1 aromatic carbocycles. The van der Waals surface area contributed by atoms with Gasteiger partial charge in [0.2, 0.25) is 11.8 Å². The van der Waals surface area contributed by atoms with Crippen molar-refractivity contribution in [2.45, 2.75) is 51.7 Å². The van der Waals surface area contributed by atoms with Gasteiger partial charge in [0.25, 0.3) is 0 Å². The summed E-state index contributed by atoms with van der Waals surface area (Å²) in [5.74, 6) is 0.923. The molecule has 2 N–H and O–H groups in total. The summed E-state index contributed by atoms with van der Waals surface area (Å²) < 4.78 is 5.37. The lowest BCUT2D eigenvalue weighted by Crippen LogP contribution is -2.39. The van der Waals surface area contributed by atoms with E-state index < -0.39 is 0 Å². The molecule has 2 heterocycles. The van der Waals surface area contributed by atoms with Gasteiger partial charge in [0, 0.05) is 19.0 Å². The lowest BCUT2D eigenvalue weighted by atomic mass is 10.1. The van der Waals surface area contributed by atoms with Gasteiger partial charge in [-0.2, -0.15) is 4.98 Å². The molecule has 3 rings (SSSR count). The van der Waals surface area contributed by atoms with Crippen LogP contribution < -0.4 is 10.6 Å². The minimum atomic E-state index is -0.281. The van der Waals surface area contributed by atoms with Crippen LogP contribution in [0.2, 0.25) is 0 Å². The third-order valence-electron chi connectivity index (χ3n) is 4.41. The van der Waals surface area contributed by atoms with Crippen LogP contribution in [0.4, 0.5) is 4.79 Å². The molecule has 27 heavy (non-hydrogen) atoms. The standard InChI is InChI=1S/C19H25N5O3/c1-13(2)21-19(26)20-12-16-22-18(27-23-16)15-8-9-17(25)24(15)11-10-14-6-4-3-5-7-14/h3-7,13,15H,8-12H2,1-2H3,(H2,20,21,26)/t15-/m0/s1. The fraction of sp³-hybridized carbons (Fsp3) is 0.474. The summed E-state index contributed by atoms with van der Waals surface area (Å²) in [6.45, 7) is 4.55. The number of carbonyl (C=O) groups is 2. The Hall–Kier alpha value is -2.90. The van der Waals surface area contributed by atoms with Crippen molar-refractivity contribution in [1.29, 1.82) is 0 Å². The van der Waals surface area contributed by atoms with Crippen LogP contribution in [0.1, 0.15) is 50.0 Å². The summed E-state index contributed by atoms with van der Waals surface area (Å²) in [6, 6.07) is 9.62. The molecule has 0 radical (unpaired) electrons. The zero-order chi connectivity index (χ0) is 19.2. The van der Waals surface area contributed by atoms with Gasteiger partial charge in [-0.15, -0.1) is 0 Å². The smallest absolute Gasteiger partial charge is 0.315 e. The van der Waals surface area contributed by atoms with Gasteiger partial charge in [-0.1, -0.05) is 35.5 Å². The van der Waals surface area contributed by atoms with Crippen LogP contribution in [-0.2, 0) is 17.8 Å². The minimum absolute atomic E-state index is 0.0495. The Kier molecular flexibility index (Phi) is 6.05. The molecule has 0 unspecified atom stereocenters. The first kappa shape index (κ1) is 18.9. The molecule has 3 amide bonds. The van der Waals surface area contributed by atoms with Crippen LogP contribution in [0.3, 0.4) is 0 Å². The van der Waals surface area contributed by atoms with Crippen molar-refractivity contribution in [1.82, 2.24) is 25.7 Å². The quantitative estimate of drug-likeness (QED) is 0.777. The van der Waals surface area contributed by atoms with E-state index in [1.165, 1.54) is 5.56 Å². The normalized spacial score (nSPS) is 16.8. The molecule has 8 nitrogen and oxygen atoms in total. The number of amides is 3. The molecule has 1 saturated heterocycles. The monoisotopic (exact) mass is 371 g/mol. The Morgan fingerprint density at radius 2 is 2.11 bits per heavy atom. The second-order valence-electron chi connectivity index (χ2n) is 6.91. The highest BCUT2D eigenvalue weighted by molar-refractivity contribution is 5.78. The molecular weight excluding hydrogens is 346 g/mol. The van der Waals surface area contributed by atoms with E-state index in [4.69, 9.17) is 4.52 Å². The van der Waals surface area contributed by atoms with Gasteiger partial charge in [-0.05, 0) is 32.3 Å². The van der Waals surface area contributed by atoms with E-state index in [9.17, 15) is 9.59 Å². The second kappa shape index (κ2) is 8.66. The number of carbonyl (C=O) groups excluding carboxylic acids is 2. The molecule has 2 aromatic rings. The number of benzene rings is 1. The van der Waals surface area contributed by atoms with Gasteiger partial charge in [-0.25, -0.2) is 4.79 Å². The van der Waals surface area contributed by atoms with Gasteiger partial charge in [0.05, 0.1) is 6.54 Å². The third kappa shape index (κ3) is 5.06. The SMILES string of the molecule is CC(C)NC(=O)NCc1noc([C@@H]2CCC(=O)N2CCc2ccccc2)n1. The van der Waals surface area contributed by atoms with E-state index in [1.54, 1.807) is 0 Å². The topological polar surface area (TPSA) is 100 Å². The van der Waals surface area contributed by atoms with E-state index in [2.05, 4.69) is 20.8 Å². The van der Waals surface area contributed by atoms with E-state index in [0.29, 0.717) is 31.1 Å². The van der Waals surface area contributed by atoms with Crippen LogP contribution in [0.15, 0.2) is 34.9 Å². The zero-order valence-corrected chi connectivity index (χ0v) is 15.6. The van der Waals surface area contributed by atoms with Crippen molar-refractivity contribution in [3.63, 3.8) is 0 Å². The van der Waals surface area contributed by atoms with Crippen LogP contribution in [0, 0.1) is 0 Å². The Bertz CT molecular complexity index is 775. The minimum Gasteiger partial charge on any atom is -0.337 e. The lowest BCUT2D eigenvalue weighted by Gasteiger charge is -2.22. The van der Waals surface area contributed by atoms with Crippen molar-refractivity contribution in [2.75, 3.05) is 6.54 Å². The van der Waals surface area contributed by atoms with Gasteiger partial charge >= 0.3 is 6.03 Å². The molecule has 1 aliphatic heterocycles. The largest absolute Gasteiger partial charge is 0.337 e. The summed E-state index contributed by atoms with van der Waals surface area (Å²) in [5, 5.41) is 9.34. The predicted molar refractivity (Wildman–Crippen MR) is 98.6 cm³/mol. The summed E-state index contributed by atoms with van der Waals surface area (Å²) in [7, 11) is 0. The molecule has 0 bridgehead atoms.